The number of hydrogen-bond acceptors (Lipinski definition) is 8. The zero-order chi connectivity index (χ0) is 39.7. The fourth-order valence-corrected chi connectivity index (χ4v) is 10.5. The molecule has 2 unspecified atom stereocenters. The van der Waals surface area contributed by atoms with Crippen molar-refractivity contribution in [1.82, 2.24) is 35.1 Å². The minimum atomic E-state index is -1.24. The highest BCUT2D eigenvalue weighted by molar-refractivity contribution is 6.56. The number of piperidine rings is 2. The van der Waals surface area contributed by atoms with Crippen LogP contribution in [-0.2, 0) is 6.42 Å². The zero-order valence-corrected chi connectivity index (χ0v) is 35.0. The number of para-hydroxylation sites is 1. The second kappa shape index (κ2) is 14.4. The summed E-state index contributed by atoms with van der Waals surface area (Å²) >= 11 is 0. The van der Waals surface area contributed by atoms with E-state index in [4.69, 9.17) is 6.58 Å². The van der Waals surface area contributed by atoms with E-state index in [0.717, 1.165) is 91.2 Å². The van der Waals surface area contributed by atoms with Crippen LogP contribution in [0.4, 0.5) is 5.69 Å². The van der Waals surface area contributed by atoms with Crippen LogP contribution >= 0.6 is 0 Å². The van der Waals surface area contributed by atoms with Crippen molar-refractivity contribution in [2.75, 3.05) is 38.5 Å². The van der Waals surface area contributed by atoms with Crippen molar-refractivity contribution in [3.8, 4) is 0 Å². The smallest absolute Gasteiger partial charge is 0.170 e. The first-order chi connectivity index (χ1) is 25.8. The lowest BCUT2D eigenvalue weighted by molar-refractivity contribution is -0.160. The maximum atomic E-state index is 13.1. The number of allylic oxidation sites excluding steroid dienone is 1. The van der Waals surface area contributed by atoms with Gasteiger partial charge in [-0.3, -0.25) is 5.10 Å². The Morgan fingerprint density at radius 2 is 1.64 bits per heavy atom. The Kier molecular flexibility index (Phi) is 10.4. The van der Waals surface area contributed by atoms with Gasteiger partial charge < -0.3 is 35.3 Å². The number of piperazine rings is 1. The number of nitrogens with one attached hydrogen (secondary N) is 3. The van der Waals surface area contributed by atoms with E-state index < -0.39 is 16.3 Å². The average Bonchev–Trinajstić information content (AvgIpc) is 3.60. The minimum absolute atomic E-state index is 0.234. The van der Waals surface area contributed by atoms with Crippen LogP contribution < -0.4 is 10.6 Å². The van der Waals surface area contributed by atoms with E-state index in [-0.39, 0.29) is 11.4 Å². The number of likely N-dealkylation sites (tertiary alicyclic amines) is 2. The van der Waals surface area contributed by atoms with Gasteiger partial charge in [-0.25, -0.2) is 0 Å². The van der Waals surface area contributed by atoms with Crippen LogP contribution in [0.2, 0.25) is 0 Å². The number of aryl methyl sites for hydroxylation is 1. The van der Waals surface area contributed by atoms with Crippen LogP contribution in [0.15, 0.2) is 85.1 Å². The molecule has 2 aromatic carbocycles. The largest absolute Gasteiger partial charge is 0.379 e. The third kappa shape index (κ3) is 6.84. The molecule has 4 aliphatic heterocycles. The Hall–Kier alpha value is -3.60. The van der Waals surface area contributed by atoms with Crippen molar-refractivity contribution in [3.05, 3.63) is 102 Å². The van der Waals surface area contributed by atoms with Crippen LogP contribution in [-0.4, -0.2) is 157 Å². The summed E-state index contributed by atoms with van der Waals surface area (Å²) in [5.74, 6) is 1.32. The Morgan fingerprint density at radius 3 is 2.33 bits per heavy atom. The van der Waals surface area contributed by atoms with Gasteiger partial charge in [0.1, 0.15) is 47.1 Å². The molecule has 9 nitrogen and oxygen atoms in total. The monoisotopic (exact) mass is 733 g/mol. The average molecular weight is 732 g/mol. The molecule has 16 heteroatoms. The van der Waals surface area contributed by atoms with Gasteiger partial charge in [0, 0.05) is 41.6 Å². The van der Waals surface area contributed by atoms with Gasteiger partial charge in [-0.05, 0) is 122 Å². The zero-order valence-electron chi connectivity index (χ0n) is 35.0. The van der Waals surface area contributed by atoms with Gasteiger partial charge in [0.25, 0.3) is 0 Å². The number of aromatic amines is 1. The molecule has 3 fully saturated rings. The van der Waals surface area contributed by atoms with Gasteiger partial charge >= 0.3 is 0 Å². The van der Waals surface area contributed by atoms with E-state index in [9.17, 15) is 5.11 Å². The fraction of sp³-hybridized carbons (Fsp3) is 0.462. The number of hydrogen-bond donors (Lipinski definition) is 4. The van der Waals surface area contributed by atoms with Gasteiger partial charge in [0.15, 0.2) is 7.85 Å². The first kappa shape index (κ1) is 39.6. The first-order valence-corrected chi connectivity index (χ1v) is 20.4. The number of aromatic nitrogens is 2. The number of aliphatic hydroxyl groups is 1. The molecule has 5 heterocycles. The predicted octanol–water partition coefficient (Wildman–Crippen LogP) is -2.16. The second-order valence-corrected chi connectivity index (χ2v) is 18.6. The normalized spacial score (nSPS) is 25.1. The maximum Gasteiger partial charge on any atom is 0.170 e. The summed E-state index contributed by atoms with van der Waals surface area (Å²) in [4.78, 5) is 9.73. The van der Waals surface area contributed by atoms with Crippen LogP contribution in [0.5, 0.6) is 0 Å². The highest BCUT2D eigenvalue weighted by Crippen LogP contribution is 2.47. The molecule has 4 aliphatic rings. The van der Waals surface area contributed by atoms with Crippen molar-refractivity contribution < 1.29 is 5.11 Å². The number of fused-ring (bicyclic) bond motifs is 2. The Bertz CT molecular complexity index is 1990. The van der Waals surface area contributed by atoms with E-state index in [1.165, 1.54) is 16.7 Å². The van der Waals surface area contributed by atoms with Crippen LogP contribution in [0.1, 0.15) is 42.4 Å². The molecule has 282 valence electrons. The molecule has 0 radical (unpaired) electrons. The van der Waals surface area contributed by atoms with Gasteiger partial charge in [0.2, 0.25) is 0 Å². The molecule has 4 N–H and O–H groups in total. The predicted molar refractivity (Wildman–Crippen MR) is 248 cm³/mol. The first-order valence-electron chi connectivity index (χ1n) is 20.4. The summed E-state index contributed by atoms with van der Waals surface area (Å²) in [7, 11) is 18.0. The van der Waals surface area contributed by atoms with Gasteiger partial charge in [-0.2, -0.15) is 5.10 Å². The van der Waals surface area contributed by atoms with Crippen molar-refractivity contribution in [2.24, 2.45) is 5.92 Å². The molecule has 7 rings (SSSR count). The van der Waals surface area contributed by atoms with Crippen molar-refractivity contribution in [2.45, 2.75) is 72.7 Å². The van der Waals surface area contributed by atoms with Crippen molar-refractivity contribution in [1.29, 1.82) is 0 Å². The Morgan fingerprint density at radius 1 is 0.964 bits per heavy atom. The fourth-order valence-electron chi connectivity index (χ4n) is 10.5. The standard InChI is InChI=1S/C39H59B7N8O/c1-23-18-27(19-30-22-47-50-35(23)30)20-34(49-26(4)52-16-10-28(11-17-52)32-21-29-8-6-7-9-33(29)48-24(32)2)25(3)53-36(40,41)37(42,43)54(38(44,45)39(53,46)55)31-12-14-51(5)15-13-31/h6-9,18-19,21-22,28,31,34,48-49,55H,2-4,10-17,20,40-46H2,1,5H3,(H,47,50). The molecule has 0 amide bonds. The van der Waals surface area contributed by atoms with Crippen LogP contribution in [0.25, 0.3) is 17.0 Å². The molecule has 0 aliphatic carbocycles. The lowest BCUT2D eigenvalue weighted by Crippen LogP contribution is -2.92. The number of H-pyrrole nitrogens is 1. The molecular weight excluding hydrogens is 672 g/mol. The molecule has 3 saturated heterocycles. The SMILES string of the molecule is BC1(B)N(C2CCN(C)CC2)C(B)(B)C(B)(O)N(C(=C)C(Cc2cc(C)c3[nH]ncc3c2)NC(=C)N2CCC(C3=Cc4ccccc4NC3=C)CC2)C1(B)B. The molecule has 1 aromatic heterocycles. The van der Waals surface area contributed by atoms with Crippen LogP contribution in [0.3, 0.4) is 0 Å². The van der Waals surface area contributed by atoms with E-state index >= 15 is 0 Å². The van der Waals surface area contributed by atoms with E-state index in [1.807, 2.05) is 14.0 Å². The molecule has 0 spiro atoms. The number of benzene rings is 2. The van der Waals surface area contributed by atoms with Crippen molar-refractivity contribution in [3.63, 3.8) is 0 Å². The highest BCUT2D eigenvalue weighted by Gasteiger charge is 2.65. The molecule has 3 aromatic rings. The van der Waals surface area contributed by atoms with E-state index in [2.05, 4.69) is 157 Å². The minimum Gasteiger partial charge on any atom is -0.379 e. The summed E-state index contributed by atoms with van der Waals surface area (Å²) < 4.78 is 0. The molecular formula is C39H59B7N8O. The quantitative estimate of drug-likeness (QED) is 0.186. The van der Waals surface area contributed by atoms with Gasteiger partial charge in [0.05, 0.1) is 29.2 Å². The third-order valence-corrected chi connectivity index (χ3v) is 14.4. The second-order valence-electron chi connectivity index (χ2n) is 18.6. The summed E-state index contributed by atoms with van der Waals surface area (Å²) in [6.07, 6.45) is 9.10. The summed E-state index contributed by atoms with van der Waals surface area (Å²) in [5.41, 5.74) is 7.70. The number of rotatable bonds is 9. The molecule has 0 saturated carbocycles. The van der Waals surface area contributed by atoms with Gasteiger partial charge in [-0.1, -0.05) is 44.0 Å². The Balaban J connectivity index is 1.17. The van der Waals surface area contributed by atoms with Crippen LogP contribution in [0, 0.1) is 12.8 Å². The molecule has 0 bridgehead atoms. The molecule has 2 atom stereocenters. The summed E-state index contributed by atoms with van der Waals surface area (Å²) in [6, 6.07) is 13.1. The molecule has 55 heavy (non-hydrogen) atoms. The third-order valence-electron chi connectivity index (χ3n) is 14.4. The highest BCUT2D eigenvalue weighted by atomic mass is 16.3. The Labute approximate surface area is 335 Å². The van der Waals surface area contributed by atoms with Crippen molar-refractivity contribution >= 4 is 77.6 Å². The van der Waals surface area contributed by atoms with Gasteiger partial charge in [-0.15, -0.1) is 0 Å². The number of nitrogens with zero attached hydrogens (tertiary/aromatic N) is 5. The topological polar surface area (TPSA) is 85.9 Å². The number of anilines is 1. The van der Waals surface area contributed by atoms with E-state index in [0.29, 0.717) is 18.4 Å². The van der Waals surface area contributed by atoms with E-state index in [1.54, 1.807) is 0 Å². The maximum absolute atomic E-state index is 13.1. The lowest BCUT2D eigenvalue weighted by Gasteiger charge is -2.75. The lowest BCUT2D eigenvalue weighted by atomic mass is 9.30. The summed E-state index contributed by atoms with van der Waals surface area (Å²) in [5, 5.41) is 27.7. The summed E-state index contributed by atoms with van der Waals surface area (Å²) in [6.45, 7) is 20.0.